The van der Waals surface area contributed by atoms with Crippen LogP contribution in [-0.4, -0.2) is 11.0 Å². The van der Waals surface area contributed by atoms with Gasteiger partial charge >= 0.3 is 0 Å². The molecule has 14 heavy (non-hydrogen) atoms. The van der Waals surface area contributed by atoms with Crippen LogP contribution in [0.4, 0.5) is 0 Å². The molecule has 74 valence electrons. The van der Waals surface area contributed by atoms with Crippen LogP contribution in [-0.2, 0) is 0 Å². The van der Waals surface area contributed by atoms with Crippen molar-refractivity contribution in [3.05, 3.63) is 46.0 Å². The van der Waals surface area contributed by atoms with E-state index in [1.807, 2.05) is 30.3 Å². The first-order valence-electron chi connectivity index (χ1n) is 4.97. The molecule has 1 aromatic rings. The van der Waals surface area contributed by atoms with Gasteiger partial charge in [0.05, 0.1) is 5.92 Å². The van der Waals surface area contributed by atoms with Crippen LogP contribution in [0.2, 0.25) is 0 Å². The first-order chi connectivity index (χ1) is 6.79. The van der Waals surface area contributed by atoms with E-state index >= 15 is 0 Å². The summed E-state index contributed by atoms with van der Waals surface area (Å²) in [5.41, 5.74) is 1.12. The van der Waals surface area contributed by atoms with Gasteiger partial charge < -0.3 is 0 Å². The fraction of sp³-hybridized carbons (Fsp3) is 0.455. The highest BCUT2D eigenvalue weighted by Gasteiger charge is 2.36. The van der Waals surface area contributed by atoms with E-state index < -0.39 is 0 Å². The summed E-state index contributed by atoms with van der Waals surface area (Å²) in [5.74, 6) is 0.131. The molecule has 0 heterocycles. The van der Waals surface area contributed by atoms with Crippen molar-refractivity contribution < 1.29 is 4.92 Å². The van der Waals surface area contributed by atoms with Crippen LogP contribution in [0, 0.1) is 10.1 Å². The molecule has 2 atom stereocenters. The molecule has 0 aliphatic heterocycles. The second-order valence-electron chi connectivity index (χ2n) is 3.80. The summed E-state index contributed by atoms with van der Waals surface area (Å²) in [6, 6.07) is 9.46. The number of benzene rings is 1. The molecule has 3 heteroatoms. The molecular weight excluding hydrogens is 178 g/mol. The third kappa shape index (κ3) is 1.62. The first kappa shape index (κ1) is 9.19. The van der Waals surface area contributed by atoms with Crippen molar-refractivity contribution >= 4 is 0 Å². The second-order valence-corrected chi connectivity index (χ2v) is 3.80. The van der Waals surface area contributed by atoms with Gasteiger partial charge in [0.25, 0.3) is 0 Å². The molecule has 0 N–H and O–H groups in total. The lowest BCUT2D eigenvalue weighted by atomic mass is 9.95. The zero-order valence-electron chi connectivity index (χ0n) is 7.93. The van der Waals surface area contributed by atoms with Gasteiger partial charge in [-0.05, 0) is 18.4 Å². The smallest absolute Gasteiger partial charge is 0.219 e. The van der Waals surface area contributed by atoms with Crippen molar-refractivity contribution in [2.24, 2.45) is 0 Å². The molecule has 0 unspecified atom stereocenters. The van der Waals surface area contributed by atoms with E-state index in [0.717, 1.165) is 24.8 Å². The normalized spacial score (nSPS) is 26.3. The lowest BCUT2D eigenvalue weighted by molar-refractivity contribution is -0.523. The quantitative estimate of drug-likeness (QED) is 0.532. The lowest BCUT2D eigenvalue weighted by Gasteiger charge is -2.12. The van der Waals surface area contributed by atoms with Gasteiger partial charge in [-0.2, -0.15) is 0 Å². The van der Waals surface area contributed by atoms with Crippen LogP contribution >= 0.6 is 0 Å². The first-order valence-corrected chi connectivity index (χ1v) is 4.97. The maximum Gasteiger partial charge on any atom is 0.219 e. The standard InChI is InChI=1S/C11H13NO2/c13-12(14)11-8-4-7-10(11)9-5-2-1-3-6-9/h1-3,5-6,10-11H,4,7-8H2/t10-,11+/m0/s1. The molecule has 3 nitrogen and oxygen atoms in total. The van der Waals surface area contributed by atoms with E-state index in [-0.39, 0.29) is 16.9 Å². The van der Waals surface area contributed by atoms with Gasteiger partial charge in [0, 0.05) is 11.3 Å². The highest BCUT2D eigenvalue weighted by Crippen LogP contribution is 2.35. The summed E-state index contributed by atoms with van der Waals surface area (Å²) in [6.07, 6.45) is 2.66. The molecule has 0 bridgehead atoms. The Hall–Kier alpha value is -1.38. The summed E-state index contributed by atoms with van der Waals surface area (Å²) in [7, 11) is 0. The maximum absolute atomic E-state index is 10.8. The number of hydrogen-bond donors (Lipinski definition) is 0. The van der Waals surface area contributed by atoms with Crippen LogP contribution in [0.1, 0.15) is 30.7 Å². The predicted octanol–water partition coefficient (Wildman–Crippen LogP) is 2.60. The Bertz CT molecular complexity index is 323. The van der Waals surface area contributed by atoms with E-state index in [1.54, 1.807) is 0 Å². The SMILES string of the molecule is O=[N+]([O-])[C@@H]1CCC[C@H]1c1ccccc1. The fourth-order valence-corrected chi connectivity index (χ4v) is 2.28. The fourth-order valence-electron chi connectivity index (χ4n) is 2.28. The van der Waals surface area contributed by atoms with Gasteiger partial charge in [-0.3, -0.25) is 10.1 Å². The number of nitrogens with zero attached hydrogens (tertiary/aromatic N) is 1. The molecule has 1 aliphatic rings. The van der Waals surface area contributed by atoms with Crippen LogP contribution in [0.5, 0.6) is 0 Å². The zero-order chi connectivity index (χ0) is 9.97. The molecule has 1 fully saturated rings. The van der Waals surface area contributed by atoms with Crippen molar-refractivity contribution in [1.29, 1.82) is 0 Å². The van der Waals surface area contributed by atoms with E-state index in [1.165, 1.54) is 0 Å². The Kier molecular flexibility index (Phi) is 2.48. The monoisotopic (exact) mass is 191 g/mol. The van der Waals surface area contributed by atoms with E-state index in [0.29, 0.717) is 0 Å². The molecule has 0 radical (unpaired) electrons. The molecular formula is C11H13NO2. The second kappa shape index (κ2) is 3.78. The van der Waals surface area contributed by atoms with Crippen molar-refractivity contribution in [3.63, 3.8) is 0 Å². The highest BCUT2D eigenvalue weighted by atomic mass is 16.6. The summed E-state index contributed by atoms with van der Waals surface area (Å²) in [4.78, 5) is 10.7. The van der Waals surface area contributed by atoms with Gasteiger partial charge in [-0.15, -0.1) is 0 Å². The molecule has 0 spiro atoms. The minimum atomic E-state index is -0.364. The summed E-state index contributed by atoms with van der Waals surface area (Å²) in [5, 5.41) is 10.8. The van der Waals surface area contributed by atoms with E-state index in [2.05, 4.69) is 0 Å². The number of hydrogen-bond acceptors (Lipinski definition) is 2. The lowest BCUT2D eigenvalue weighted by Crippen LogP contribution is -2.22. The maximum atomic E-state index is 10.8. The zero-order valence-corrected chi connectivity index (χ0v) is 7.93. The average Bonchev–Trinajstić information content (AvgIpc) is 2.67. The Morgan fingerprint density at radius 1 is 1.21 bits per heavy atom. The Balaban J connectivity index is 2.22. The third-order valence-corrected chi connectivity index (χ3v) is 2.98. The van der Waals surface area contributed by atoms with Gasteiger partial charge in [0.1, 0.15) is 0 Å². The minimum Gasteiger partial charge on any atom is -0.264 e. The van der Waals surface area contributed by atoms with Crippen molar-refractivity contribution in [3.8, 4) is 0 Å². The van der Waals surface area contributed by atoms with Crippen LogP contribution in [0.25, 0.3) is 0 Å². The van der Waals surface area contributed by atoms with E-state index in [9.17, 15) is 10.1 Å². The molecule has 2 rings (SSSR count). The number of nitro groups is 1. The minimum absolute atomic E-state index is 0.120. The van der Waals surface area contributed by atoms with Gasteiger partial charge in [-0.25, -0.2) is 0 Å². The highest BCUT2D eigenvalue weighted by molar-refractivity contribution is 5.21. The predicted molar refractivity (Wildman–Crippen MR) is 53.8 cm³/mol. The average molecular weight is 191 g/mol. The summed E-state index contributed by atoms with van der Waals surface area (Å²) >= 11 is 0. The molecule has 0 amide bonds. The molecule has 1 saturated carbocycles. The molecule has 1 aliphatic carbocycles. The van der Waals surface area contributed by atoms with Crippen LogP contribution in [0.3, 0.4) is 0 Å². The van der Waals surface area contributed by atoms with Crippen molar-refractivity contribution in [2.75, 3.05) is 0 Å². The van der Waals surface area contributed by atoms with Crippen LogP contribution in [0.15, 0.2) is 30.3 Å². The number of rotatable bonds is 2. The Morgan fingerprint density at radius 2 is 1.93 bits per heavy atom. The van der Waals surface area contributed by atoms with E-state index in [4.69, 9.17) is 0 Å². The molecule has 1 aromatic carbocycles. The summed E-state index contributed by atoms with van der Waals surface area (Å²) < 4.78 is 0. The Labute approximate surface area is 82.9 Å². The topological polar surface area (TPSA) is 43.1 Å². The van der Waals surface area contributed by atoms with Crippen molar-refractivity contribution in [1.82, 2.24) is 0 Å². The summed E-state index contributed by atoms with van der Waals surface area (Å²) in [6.45, 7) is 0. The Morgan fingerprint density at radius 3 is 2.57 bits per heavy atom. The largest absolute Gasteiger partial charge is 0.264 e. The van der Waals surface area contributed by atoms with Crippen LogP contribution < -0.4 is 0 Å². The molecule has 0 saturated heterocycles. The van der Waals surface area contributed by atoms with Crippen molar-refractivity contribution in [2.45, 2.75) is 31.2 Å². The molecule has 0 aromatic heterocycles. The van der Waals surface area contributed by atoms with Gasteiger partial charge in [0.15, 0.2) is 0 Å². The van der Waals surface area contributed by atoms with Gasteiger partial charge in [-0.1, -0.05) is 30.3 Å². The third-order valence-electron chi connectivity index (χ3n) is 2.98. The van der Waals surface area contributed by atoms with Gasteiger partial charge in [0.2, 0.25) is 6.04 Å².